The highest BCUT2D eigenvalue weighted by Gasteiger charge is 2.13. The van der Waals surface area contributed by atoms with E-state index >= 15 is 0 Å². The minimum absolute atomic E-state index is 0.199. The average Bonchev–Trinajstić information content (AvgIpc) is 2.72. The molecule has 5 nitrogen and oxygen atoms in total. The van der Waals surface area contributed by atoms with Gasteiger partial charge >= 0.3 is 12.1 Å². The highest BCUT2D eigenvalue weighted by Crippen LogP contribution is 2.31. The Morgan fingerprint density at radius 2 is 1.64 bits per heavy atom. The van der Waals surface area contributed by atoms with Gasteiger partial charge in [0.05, 0.1) is 0 Å². The second-order valence-electron chi connectivity index (χ2n) is 6.39. The summed E-state index contributed by atoms with van der Waals surface area (Å²) in [6, 6.07) is 20.8. The van der Waals surface area contributed by atoms with Crippen molar-refractivity contribution in [1.29, 1.82) is 0 Å². The molecular weight excluding hydrogens is 354 g/mol. The fraction of sp³-hybridized carbons (Fsp3) is 0.130. The van der Waals surface area contributed by atoms with E-state index in [1.807, 2.05) is 66.7 Å². The molecule has 0 atom stereocenters. The Labute approximate surface area is 163 Å². The molecule has 3 aromatic carbocycles. The van der Waals surface area contributed by atoms with Crippen LogP contribution in [-0.2, 0) is 16.1 Å². The molecule has 0 bridgehead atoms. The van der Waals surface area contributed by atoms with Crippen molar-refractivity contribution < 1.29 is 19.1 Å². The Kier molecular flexibility index (Phi) is 6.07. The molecule has 5 heteroatoms. The number of ether oxygens (including phenoxy) is 2. The number of hydrogen-bond donors (Lipinski definition) is 0. The summed E-state index contributed by atoms with van der Waals surface area (Å²) in [5.41, 5.74) is 1.53. The molecule has 1 amide bonds. The summed E-state index contributed by atoms with van der Waals surface area (Å²) in [7, 11) is 3.23. The van der Waals surface area contributed by atoms with Crippen LogP contribution in [0.5, 0.6) is 5.75 Å². The first-order valence-electron chi connectivity index (χ1n) is 8.84. The molecule has 0 unspecified atom stereocenters. The predicted octanol–water partition coefficient (Wildman–Crippen LogP) is 4.66. The quantitative estimate of drug-likeness (QED) is 0.481. The molecule has 0 aliphatic rings. The molecule has 142 valence electrons. The van der Waals surface area contributed by atoms with Crippen LogP contribution >= 0.6 is 0 Å². The maximum atomic E-state index is 12.1. The first-order valence-corrected chi connectivity index (χ1v) is 8.84. The highest BCUT2D eigenvalue weighted by molar-refractivity contribution is 5.95. The van der Waals surface area contributed by atoms with Crippen LogP contribution in [0, 0.1) is 0 Å². The zero-order valence-electron chi connectivity index (χ0n) is 15.8. The first-order chi connectivity index (χ1) is 13.5. The van der Waals surface area contributed by atoms with Crippen molar-refractivity contribution in [3.8, 4) is 5.75 Å². The van der Waals surface area contributed by atoms with E-state index in [9.17, 15) is 9.59 Å². The number of carbonyl (C=O) groups excluding carboxylic acids is 2. The number of rotatable bonds is 5. The lowest BCUT2D eigenvalue weighted by Gasteiger charge is -2.14. The lowest BCUT2D eigenvalue weighted by Crippen LogP contribution is -2.25. The molecular formula is C23H21NO4. The zero-order valence-corrected chi connectivity index (χ0v) is 15.8. The summed E-state index contributed by atoms with van der Waals surface area (Å²) in [5, 5.41) is 1.73. The van der Waals surface area contributed by atoms with Gasteiger partial charge in [0, 0.05) is 31.1 Å². The SMILES string of the molecule is CN(C)C(=O)Oc1c(/C=C/C(=O)OCc2ccccc2)ccc2ccccc12. The zero-order chi connectivity index (χ0) is 19.9. The lowest BCUT2D eigenvalue weighted by molar-refractivity contribution is -0.138. The number of benzene rings is 3. The van der Waals surface area contributed by atoms with Crippen LogP contribution in [0.25, 0.3) is 16.8 Å². The van der Waals surface area contributed by atoms with Gasteiger partial charge in [0.1, 0.15) is 12.4 Å². The summed E-state index contributed by atoms with van der Waals surface area (Å²) in [6.07, 6.45) is 2.44. The smallest absolute Gasteiger partial charge is 0.414 e. The van der Waals surface area contributed by atoms with E-state index < -0.39 is 12.1 Å². The van der Waals surface area contributed by atoms with Gasteiger partial charge in [-0.2, -0.15) is 0 Å². The molecule has 0 saturated carbocycles. The fourth-order valence-electron chi connectivity index (χ4n) is 2.62. The van der Waals surface area contributed by atoms with E-state index in [2.05, 4.69) is 0 Å². The number of nitrogens with zero attached hydrogens (tertiary/aromatic N) is 1. The standard InChI is InChI=1S/C23H21NO4/c1-24(2)23(26)28-22-19(13-12-18-10-6-7-11-20(18)22)14-15-21(25)27-16-17-8-4-3-5-9-17/h3-15H,16H2,1-2H3/b15-14+. The molecule has 0 aliphatic carbocycles. The van der Waals surface area contributed by atoms with Gasteiger partial charge in [0.25, 0.3) is 0 Å². The monoisotopic (exact) mass is 375 g/mol. The van der Waals surface area contributed by atoms with E-state index in [4.69, 9.17) is 9.47 Å². The van der Waals surface area contributed by atoms with Crippen molar-refractivity contribution >= 4 is 28.9 Å². The van der Waals surface area contributed by atoms with Crippen molar-refractivity contribution in [1.82, 2.24) is 4.90 Å². The first kappa shape index (κ1) is 19.2. The van der Waals surface area contributed by atoms with E-state index in [-0.39, 0.29) is 6.61 Å². The predicted molar refractivity (Wildman–Crippen MR) is 109 cm³/mol. The van der Waals surface area contributed by atoms with Crippen LogP contribution in [0.3, 0.4) is 0 Å². The highest BCUT2D eigenvalue weighted by atomic mass is 16.6. The summed E-state index contributed by atoms with van der Waals surface area (Å²) >= 11 is 0. The number of carbonyl (C=O) groups is 2. The summed E-state index contributed by atoms with van der Waals surface area (Å²) in [4.78, 5) is 25.5. The van der Waals surface area contributed by atoms with E-state index in [0.717, 1.165) is 16.3 Å². The third-order valence-corrected chi connectivity index (χ3v) is 4.09. The van der Waals surface area contributed by atoms with Crippen LogP contribution in [0.1, 0.15) is 11.1 Å². The van der Waals surface area contributed by atoms with Gasteiger partial charge in [-0.15, -0.1) is 0 Å². The molecule has 3 rings (SSSR count). The number of amides is 1. The summed E-state index contributed by atoms with van der Waals surface area (Å²) < 4.78 is 10.8. The van der Waals surface area contributed by atoms with Gasteiger partial charge < -0.3 is 14.4 Å². The van der Waals surface area contributed by atoms with Gasteiger partial charge in [-0.05, 0) is 17.0 Å². The Morgan fingerprint density at radius 1 is 0.929 bits per heavy atom. The third kappa shape index (κ3) is 4.76. The normalized spacial score (nSPS) is 10.8. The Morgan fingerprint density at radius 3 is 2.39 bits per heavy atom. The molecule has 0 radical (unpaired) electrons. The molecule has 0 fully saturated rings. The van der Waals surface area contributed by atoms with Gasteiger partial charge in [-0.25, -0.2) is 9.59 Å². The number of hydrogen-bond acceptors (Lipinski definition) is 4. The Balaban J connectivity index is 1.82. The molecule has 0 aliphatic heterocycles. The van der Waals surface area contributed by atoms with Crippen LogP contribution in [0.15, 0.2) is 72.8 Å². The average molecular weight is 375 g/mol. The third-order valence-electron chi connectivity index (χ3n) is 4.09. The van der Waals surface area contributed by atoms with Crippen LogP contribution < -0.4 is 4.74 Å². The van der Waals surface area contributed by atoms with Gasteiger partial charge in [-0.1, -0.05) is 66.7 Å². The van der Waals surface area contributed by atoms with Crippen LogP contribution in [0.2, 0.25) is 0 Å². The fourth-order valence-corrected chi connectivity index (χ4v) is 2.62. The van der Waals surface area contributed by atoms with Crippen molar-refractivity contribution in [3.05, 3.63) is 83.9 Å². The summed E-state index contributed by atoms with van der Waals surface area (Å²) in [6.45, 7) is 0.199. The van der Waals surface area contributed by atoms with Crippen molar-refractivity contribution in [2.75, 3.05) is 14.1 Å². The maximum Gasteiger partial charge on any atom is 0.414 e. The molecule has 28 heavy (non-hydrogen) atoms. The molecule has 0 spiro atoms. The van der Waals surface area contributed by atoms with E-state index in [1.54, 1.807) is 20.2 Å². The largest absolute Gasteiger partial charge is 0.458 e. The second kappa shape index (κ2) is 8.86. The van der Waals surface area contributed by atoms with E-state index in [0.29, 0.717) is 11.3 Å². The lowest BCUT2D eigenvalue weighted by atomic mass is 10.0. The van der Waals surface area contributed by atoms with Crippen LogP contribution in [0.4, 0.5) is 4.79 Å². The Bertz CT molecular complexity index is 1010. The molecule has 0 aromatic heterocycles. The van der Waals surface area contributed by atoms with Crippen molar-refractivity contribution in [3.63, 3.8) is 0 Å². The minimum atomic E-state index is -0.488. The van der Waals surface area contributed by atoms with Crippen LogP contribution in [-0.4, -0.2) is 31.1 Å². The van der Waals surface area contributed by atoms with E-state index in [1.165, 1.54) is 11.0 Å². The molecule has 3 aromatic rings. The van der Waals surface area contributed by atoms with Gasteiger partial charge in [0.15, 0.2) is 0 Å². The molecule has 0 N–H and O–H groups in total. The number of esters is 1. The second-order valence-corrected chi connectivity index (χ2v) is 6.39. The minimum Gasteiger partial charge on any atom is -0.458 e. The van der Waals surface area contributed by atoms with Gasteiger partial charge in [0.2, 0.25) is 0 Å². The van der Waals surface area contributed by atoms with Gasteiger partial charge in [-0.3, -0.25) is 0 Å². The Hall–Kier alpha value is -3.60. The summed E-state index contributed by atoms with van der Waals surface area (Å²) in [5.74, 6) is -0.0641. The van der Waals surface area contributed by atoms with Crippen molar-refractivity contribution in [2.45, 2.75) is 6.61 Å². The van der Waals surface area contributed by atoms with Crippen molar-refractivity contribution in [2.24, 2.45) is 0 Å². The number of fused-ring (bicyclic) bond motifs is 1. The topological polar surface area (TPSA) is 55.8 Å². The molecule has 0 heterocycles. The molecule has 0 saturated heterocycles. The maximum absolute atomic E-state index is 12.1.